The van der Waals surface area contributed by atoms with Crippen LogP contribution >= 0.6 is 34.3 Å². The zero-order valence-electron chi connectivity index (χ0n) is 10.2. The summed E-state index contributed by atoms with van der Waals surface area (Å²) in [6.07, 6.45) is 0. The van der Waals surface area contributed by atoms with Crippen LogP contribution in [-0.2, 0) is 0 Å². The lowest BCUT2D eigenvalue weighted by Crippen LogP contribution is -2.15. The molecule has 2 aromatic heterocycles. The summed E-state index contributed by atoms with van der Waals surface area (Å²) in [5.74, 6) is 0.282. The van der Waals surface area contributed by atoms with Crippen molar-refractivity contribution in [2.24, 2.45) is 0 Å². The van der Waals surface area contributed by atoms with Gasteiger partial charge in [-0.05, 0) is 23.5 Å². The molecule has 4 aromatic rings. The fraction of sp³-hybridized carbons (Fsp3) is 0. The van der Waals surface area contributed by atoms with Crippen LogP contribution in [0.25, 0.3) is 24.8 Å². The molecule has 20 heavy (non-hydrogen) atoms. The number of rotatable bonds is 1. The number of hydrogen-bond acceptors (Lipinski definition) is 3. The van der Waals surface area contributed by atoms with Crippen molar-refractivity contribution >= 4 is 48.6 Å². The van der Waals surface area contributed by atoms with E-state index in [0.29, 0.717) is 5.02 Å². The Morgan fingerprint density at radius 1 is 1.00 bits per heavy atom. The van der Waals surface area contributed by atoms with E-state index in [1.807, 2.05) is 52.9 Å². The number of fused-ring (bicyclic) bond motifs is 3. The van der Waals surface area contributed by atoms with Crippen molar-refractivity contribution in [2.75, 3.05) is 0 Å². The molecule has 0 radical (unpaired) electrons. The van der Waals surface area contributed by atoms with Crippen LogP contribution in [0.1, 0.15) is 0 Å². The quantitative estimate of drug-likeness (QED) is 0.504. The summed E-state index contributed by atoms with van der Waals surface area (Å²) >= 11 is 9.33. The minimum Gasteiger partial charge on any atom is -0.458 e. The molecule has 0 fully saturated rings. The summed E-state index contributed by atoms with van der Waals surface area (Å²) < 4.78 is 4.05. The Morgan fingerprint density at radius 3 is 2.60 bits per heavy atom. The highest BCUT2D eigenvalue weighted by Crippen LogP contribution is 2.38. The fourth-order valence-electron chi connectivity index (χ4n) is 2.27. The highest BCUT2D eigenvalue weighted by molar-refractivity contribution is 7.39. The maximum absolute atomic E-state index is 10.6. The first-order chi connectivity index (χ1) is 9.74. The van der Waals surface area contributed by atoms with Gasteiger partial charge in [-0.15, -0.1) is 4.40 Å². The van der Waals surface area contributed by atoms with E-state index in [0.717, 1.165) is 24.8 Å². The van der Waals surface area contributed by atoms with Crippen molar-refractivity contribution in [2.45, 2.75) is 0 Å². The van der Waals surface area contributed by atoms with Gasteiger partial charge in [0.25, 0.3) is 0 Å². The van der Waals surface area contributed by atoms with Crippen molar-refractivity contribution in [1.82, 2.24) is 0 Å². The van der Waals surface area contributed by atoms with Gasteiger partial charge < -0.3 is 5.11 Å². The third-order valence-electron chi connectivity index (χ3n) is 3.18. The molecule has 4 rings (SSSR count). The first-order valence-electron chi connectivity index (χ1n) is 6.05. The van der Waals surface area contributed by atoms with E-state index >= 15 is 0 Å². The Morgan fingerprint density at radius 2 is 1.80 bits per heavy atom. The molecule has 0 aliphatic heterocycles. The summed E-state index contributed by atoms with van der Waals surface area (Å²) in [5, 5.41) is 11.2. The third kappa shape index (κ3) is 1.73. The van der Waals surface area contributed by atoms with E-state index in [9.17, 15) is 5.11 Å². The van der Waals surface area contributed by atoms with Gasteiger partial charge in [-0.25, -0.2) is 0 Å². The third-order valence-corrected chi connectivity index (χ3v) is 5.82. The molecule has 0 aliphatic rings. The standard InChI is InChI=1S/C15H8ClNOS2/c16-10-6-7-12-11(8-10)17-14(18)13(20-15(17)19-12)9-4-2-1-3-5-9/h1-8H/p+1. The zero-order chi connectivity index (χ0) is 13.7. The second-order valence-electron chi connectivity index (χ2n) is 4.44. The lowest BCUT2D eigenvalue weighted by atomic mass is 10.2. The summed E-state index contributed by atoms with van der Waals surface area (Å²) in [5.41, 5.74) is 1.98. The molecule has 0 bridgehead atoms. The lowest BCUT2D eigenvalue weighted by molar-refractivity contribution is -0.484. The number of nitrogens with zero attached hydrogens (tertiary/aromatic N) is 1. The summed E-state index contributed by atoms with van der Waals surface area (Å²) in [4.78, 5) is 0.888. The second kappa shape index (κ2) is 4.45. The number of aromatic nitrogens is 1. The molecule has 0 saturated heterocycles. The molecule has 98 valence electrons. The molecule has 5 heteroatoms. The van der Waals surface area contributed by atoms with Gasteiger partial charge in [0, 0.05) is 16.7 Å². The number of aromatic hydroxyl groups is 1. The Kier molecular flexibility index (Phi) is 2.70. The van der Waals surface area contributed by atoms with Crippen molar-refractivity contribution in [3.05, 3.63) is 53.6 Å². The molecule has 0 spiro atoms. The van der Waals surface area contributed by atoms with Crippen molar-refractivity contribution < 1.29 is 9.51 Å². The van der Waals surface area contributed by atoms with Gasteiger partial charge in [-0.3, -0.25) is 0 Å². The molecule has 0 aliphatic carbocycles. The molecule has 0 amide bonds. The largest absolute Gasteiger partial charge is 0.458 e. The van der Waals surface area contributed by atoms with Crippen LogP contribution in [0.2, 0.25) is 5.02 Å². The van der Waals surface area contributed by atoms with E-state index in [-0.39, 0.29) is 5.88 Å². The summed E-state index contributed by atoms with van der Waals surface area (Å²) in [7, 11) is 0. The Hall–Kier alpha value is -1.62. The minimum absolute atomic E-state index is 0.282. The van der Waals surface area contributed by atoms with Gasteiger partial charge in [-0.2, -0.15) is 0 Å². The van der Waals surface area contributed by atoms with Gasteiger partial charge in [0.05, 0.1) is 0 Å². The van der Waals surface area contributed by atoms with Crippen molar-refractivity contribution in [3.8, 4) is 16.3 Å². The predicted octanol–water partition coefficient (Wildman–Crippen LogP) is 4.73. The first kappa shape index (κ1) is 12.1. The van der Waals surface area contributed by atoms with Crippen LogP contribution in [0.4, 0.5) is 0 Å². The normalized spacial score (nSPS) is 11.4. The van der Waals surface area contributed by atoms with Gasteiger partial charge in [0.2, 0.25) is 5.52 Å². The Labute approximate surface area is 128 Å². The minimum atomic E-state index is 0.282. The molecule has 2 nitrogen and oxygen atoms in total. The van der Waals surface area contributed by atoms with Crippen LogP contribution in [0, 0.1) is 0 Å². The molecular weight excluding hydrogens is 310 g/mol. The topological polar surface area (TPSA) is 24.3 Å². The maximum atomic E-state index is 10.6. The zero-order valence-corrected chi connectivity index (χ0v) is 12.6. The van der Waals surface area contributed by atoms with Crippen LogP contribution in [-0.4, -0.2) is 5.11 Å². The lowest BCUT2D eigenvalue weighted by Gasteiger charge is -1.93. The molecule has 2 heterocycles. The molecule has 0 unspecified atom stereocenters. The van der Waals surface area contributed by atoms with Crippen molar-refractivity contribution in [3.63, 3.8) is 0 Å². The van der Waals surface area contributed by atoms with Crippen LogP contribution in [0.3, 0.4) is 0 Å². The fourth-order valence-corrected chi connectivity index (χ4v) is 4.86. The summed E-state index contributed by atoms with van der Waals surface area (Å²) in [6, 6.07) is 15.7. The van der Waals surface area contributed by atoms with Crippen LogP contribution < -0.4 is 4.40 Å². The molecule has 1 N–H and O–H groups in total. The van der Waals surface area contributed by atoms with Crippen molar-refractivity contribution in [1.29, 1.82) is 0 Å². The smallest absolute Gasteiger partial charge is 0.391 e. The van der Waals surface area contributed by atoms with Crippen LogP contribution in [0.15, 0.2) is 48.5 Å². The van der Waals surface area contributed by atoms with Gasteiger partial charge in [-0.1, -0.05) is 53.3 Å². The van der Waals surface area contributed by atoms with Gasteiger partial charge in [0.1, 0.15) is 4.70 Å². The van der Waals surface area contributed by atoms with Gasteiger partial charge in [0.15, 0.2) is 4.88 Å². The number of thiazole rings is 2. The van der Waals surface area contributed by atoms with Crippen LogP contribution in [0.5, 0.6) is 5.88 Å². The van der Waals surface area contributed by atoms with E-state index in [2.05, 4.69) is 0 Å². The highest BCUT2D eigenvalue weighted by Gasteiger charge is 2.27. The molecular formula is C15H9ClNOS2+. The summed E-state index contributed by atoms with van der Waals surface area (Å²) in [6.45, 7) is 0. The van der Waals surface area contributed by atoms with Gasteiger partial charge >= 0.3 is 10.0 Å². The predicted molar refractivity (Wildman–Crippen MR) is 85.0 cm³/mol. The Balaban J connectivity index is 2.07. The SMILES string of the molecule is Oc1c(-c2ccccc2)sc2sc3ccc(Cl)cc3[n+]12. The number of benzene rings is 2. The monoisotopic (exact) mass is 318 g/mol. The molecule has 0 saturated carbocycles. The van der Waals surface area contributed by atoms with E-state index in [4.69, 9.17) is 11.6 Å². The van der Waals surface area contributed by atoms with E-state index in [1.165, 1.54) is 0 Å². The van der Waals surface area contributed by atoms with E-state index < -0.39 is 0 Å². The second-order valence-corrected chi connectivity index (χ2v) is 7.16. The first-order valence-corrected chi connectivity index (χ1v) is 8.06. The Bertz CT molecular complexity index is 927. The molecule has 0 atom stereocenters. The highest BCUT2D eigenvalue weighted by atomic mass is 35.5. The number of hydrogen-bond donors (Lipinski definition) is 1. The average Bonchev–Trinajstić information content (AvgIpc) is 2.97. The van der Waals surface area contributed by atoms with E-state index in [1.54, 1.807) is 22.7 Å². The maximum Gasteiger partial charge on any atom is 0.391 e. The molecule has 2 aromatic carbocycles. The number of halogens is 1. The average molecular weight is 319 g/mol.